The fraction of sp³-hybridized carbons (Fsp3) is 0.417. The quantitative estimate of drug-likeness (QED) is 0.782. The van der Waals surface area contributed by atoms with Crippen LogP contribution in [-0.2, 0) is 19.6 Å². The first-order valence-corrected chi connectivity index (χ1v) is 7.26. The Morgan fingerprint density at radius 1 is 1.47 bits per heavy atom. The lowest BCUT2D eigenvalue weighted by atomic mass is 10.2. The minimum absolute atomic E-state index is 0.150. The van der Waals surface area contributed by atoms with Crippen molar-refractivity contribution in [3.05, 3.63) is 30.1 Å². The SMILES string of the molecule is COC(=O)C1CCCN1S(=O)(=O)c1cccc(F)c1. The van der Waals surface area contributed by atoms with E-state index in [2.05, 4.69) is 4.74 Å². The average molecular weight is 287 g/mol. The lowest BCUT2D eigenvalue weighted by molar-refractivity contribution is -0.144. The van der Waals surface area contributed by atoms with Crippen LogP contribution in [0.5, 0.6) is 0 Å². The Balaban J connectivity index is 2.36. The lowest BCUT2D eigenvalue weighted by Gasteiger charge is -2.22. The Labute approximate surface area is 111 Å². The first kappa shape index (κ1) is 14.0. The van der Waals surface area contributed by atoms with Crippen molar-refractivity contribution in [3.8, 4) is 0 Å². The van der Waals surface area contributed by atoms with E-state index in [4.69, 9.17) is 0 Å². The average Bonchev–Trinajstić information content (AvgIpc) is 2.87. The van der Waals surface area contributed by atoms with Crippen LogP contribution in [0.4, 0.5) is 4.39 Å². The molecule has 19 heavy (non-hydrogen) atoms. The molecule has 0 aromatic heterocycles. The first-order valence-electron chi connectivity index (χ1n) is 5.82. The molecule has 0 amide bonds. The number of hydrogen-bond acceptors (Lipinski definition) is 4. The largest absolute Gasteiger partial charge is 0.468 e. The topological polar surface area (TPSA) is 63.7 Å². The van der Waals surface area contributed by atoms with E-state index < -0.39 is 27.9 Å². The molecule has 0 N–H and O–H groups in total. The molecule has 0 bridgehead atoms. The standard InChI is InChI=1S/C12H14FNO4S/c1-18-12(15)11-6-3-7-14(11)19(16,17)10-5-2-4-9(13)8-10/h2,4-5,8,11H,3,6-7H2,1H3. The summed E-state index contributed by atoms with van der Waals surface area (Å²) in [6, 6.07) is 3.93. The Hall–Kier alpha value is -1.47. The van der Waals surface area contributed by atoms with E-state index in [0.29, 0.717) is 12.8 Å². The zero-order valence-electron chi connectivity index (χ0n) is 10.4. The maximum Gasteiger partial charge on any atom is 0.324 e. The highest BCUT2D eigenvalue weighted by Crippen LogP contribution is 2.26. The number of carbonyl (C=O) groups is 1. The molecule has 5 nitrogen and oxygen atoms in total. The minimum Gasteiger partial charge on any atom is -0.468 e. The van der Waals surface area contributed by atoms with E-state index in [1.54, 1.807) is 0 Å². The Morgan fingerprint density at radius 2 is 2.21 bits per heavy atom. The van der Waals surface area contributed by atoms with Gasteiger partial charge in [-0.15, -0.1) is 0 Å². The first-order chi connectivity index (χ1) is 8.96. The van der Waals surface area contributed by atoms with Crippen molar-refractivity contribution >= 4 is 16.0 Å². The van der Waals surface area contributed by atoms with Gasteiger partial charge in [0.2, 0.25) is 10.0 Å². The van der Waals surface area contributed by atoms with Gasteiger partial charge in [-0.2, -0.15) is 4.31 Å². The van der Waals surface area contributed by atoms with Crippen LogP contribution < -0.4 is 0 Å². The zero-order chi connectivity index (χ0) is 14.0. The third kappa shape index (κ3) is 2.62. The van der Waals surface area contributed by atoms with Gasteiger partial charge in [0.1, 0.15) is 11.9 Å². The highest BCUT2D eigenvalue weighted by atomic mass is 32.2. The molecule has 0 aliphatic carbocycles. The molecule has 1 fully saturated rings. The van der Waals surface area contributed by atoms with Crippen LogP contribution >= 0.6 is 0 Å². The van der Waals surface area contributed by atoms with Gasteiger partial charge in [-0.3, -0.25) is 4.79 Å². The van der Waals surface area contributed by atoms with Crippen molar-refractivity contribution in [2.45, 2.75) is 23.8 Å². The second-order valence-electron chi connectivity index (χ2n) is 4.25. The molecular weight excluding hydrogens is 273 g/mol. The second-order valence-corrected chi connectivity index (χ2v) is 6.14. The van der Waals surface area contributed by atoms with Crippen molar-refractivity contribution < 1.29 is 22.3 Å². The maximum absolute atomic E-state index is 13.1. The third-order valence-corrected chi connectivity index (χ3v) is 4.98. The summed E-state index contributed by atoms with van der Waals surface area (Å²) in [6.07, 6.45) is 0.996. The highest BCUT2D eigenvalue weighted by Gasteiger charge is 2.40. The van der Waals surface area contributed by atoms with Crippen molar-refractivity contribution in [1.82, 2.24) is 4.31 Å². The normalized spacial score (nSPS) is 20.4. The number of nitrogens with zero attached hydrogens (tertiary/aromatic N) is 1. The van der Waals surface area contributed by atoms with Gasteiger partial charge in [0.05, 0.1) is 12.0 Å². The minimum atomic E-state index is -3.87. The maximum atomic E-state index is 13.1. The Morgan fingerprint density at radius 3 is 2.84 bits per heavy atom. The van der Waals surface area contributed by atoms with Gasteiger partial charge in [-0.25, -0.2) is 12.8 Å². The van der Waals surface area contributed by atoms with Gasteiger partial charge >= 0.3 is 5.97 Å². The molecule has 0 spiro atoms. The third-order valence-electron chi connectivity index (χ3n) is 3.08. The van der Waals surface area contributed by atoms with Crippen LogP contribution in [0, 0.1) is 5.82 Å². The van der Waals surface area contributed by atoms with Crippen molar-refractivity contribution in [2.24, 2.45) is 0 Å². The fourth-order valence-corrected chi connectivity index (χ4v) is 3.84. The summed E-state index contributed by atoms with van der Waals surface area (Å²) in [5, 5.41) is 0. The Bertz CT molecular complexity index is 587. The second kappa shape index (κ2) is 5.26. The molecule has 1 aromatic rings. The van der Waals surface area contributed by atoms with Crippen molar-refractivity contribution in [2.75, 3.05) is 13.7 Å². The van der Waals surface area contributed by atoms with Crippen molar-refractivity contribution in [3.63, 3.8) is 0 Å². The zero-order valence-corrected chi connectivity index (χ0v) is 11.2. The molecule has 104 valence electrons. The molecule has 1 aromatic carbocycles. The van der Waals surface area contributed by atoms with E-state index in [0.717, 1.165) is 10.4 Å². The fourth-order valence-electron chi connectivity index (χ4n) is 2.16. The lowest BCUT2D eigenvalue weighted by Crippen LogP contribution is -2.41. The summed E-state index contributed by atoms with van der Waals surface area (Å²) in [7, 11) is -2.66. The van der Waals surface area contributed by atoms with Crippen LogP contribution in [0.2, 0.25) is 0 Å². The van der Waals surface area contributed by atoms with Gasteiger partial charge in [-0.05, 0) is 31.0 Å². The summed E-state index contributed by atoms with van der Waals surface area (Å²) in [4.78, 5) is 11.4. The molecule has 1 aliphatic rings. The molecule has 1 atom stereocenters. The predicted molar refractivity (Wildman–Crippen MR) is 65.3 cm³/mol. The molecule has 0 saturated carbocycles. The van der Waals surface area contributed by atoms with Crippen molar-refractivity contribution in [1.29, 1.82) is 0 Å². The van der Waals surface area contributed by atoms with Crippen LogP contribution in [-0.4, -0.2) is 38.4 Å². The molecular formula is C12H14FNO4S. The van der Waals surface area contributed by atoms with E-state index in [-0.39, 0.29) is 11.4 Å². The molecule has 7 heteroatoms. The van der Waals surface area contributed by atoms with Gasteiger partial charge in [0, 0.05) is 6.54 Å². The van der Waals surface area contributed by atoms with E-state index in [9.17, 15) is 17.6 Å². The van der Waals surface area contributed by atoms with Gasteiger partial charge < -0.3 is 4.74 Å². The number of esters is 1. The molecule has 1 unspecified atom stereocenters. The summed E-state index contributed by atoms with van der Waals surface area (Å²) in [6.45, 7) is 0.235. The number of carbonyl (C=O) groups excluding carboxylic acids is 1. The number of rotatable bonds is 3. The summed E-state index contributed by atoms with van der Waals surface area (Å²) in [5.74, 6) is -1.22. The predicted octanol–water partition coefficient (Wildman–Crippen LogP) is 1.15. The molecule has 2 rings (SSSR count). The smallest absolute Gasteiger partial charge is 0.324 e. The molecule has 1 heterocycles. The number of hydrogen-bond donors (Lipinski definition) is 0. The van der Waals surface area contributed by atoms with Crippen LogP contribution in [0.1, 0.15) is 12.8 Å². The Kier molecular flexibility index (Phi) is 3.86. The van der Waals surface area contributed by atoms with E-state index in [1.807, 2.05) is 0 Å². The van der Waals surface area contributed by atoms with Crippen LogP contribution in [0.3, 0.4) is 0 Å². The van der Waals surface area contributed by atoms with E-state index >= 15 is 0 Å². The monoisotopic (exact) mass is 287 g/mol. The number of ether oxygens (including phenoxy) is 1. The van der Waals surface area contributed by atoms with Crippen LogP contribution in [0.15, 0.2) is 29.2 Å². The highest BCUT2D eigenvalue weighted by molar-refractivity contribution is 7.89. The number of benzene rings is 1. The number of halogens is 1. The van der Waals surface area contributed by atoms with Gasteiger partial charge in [0.15, 0.2) is 0 Å². The summed E-state index contributed by atoms with van der Waals surface area (Å²) < 4.78 is 43.5. The van der Waals surface area contributed by atoms with Gasteiger partial charge in [-0.1, -0.05) is 6.07 Å². The summed E-state index contributed by atoms with van der Waals surface area (Å²) in [5.41, 5.74) is 0. The summed E-state index contributed by atoms with van der Waals surface area (Å²) >= 11 is 0. The van der Waals surface area contributed by atoms with Crippen LogP contribution in [0.25, 0.3) is 0 Å². The molecule has 1 aliphatic heterocycles. The molecule has 0 radical (unpaired) electrons. The van der Waals surface area contributed by atoms with Gasteiger partial charge in [0.25, 0.3) is 0 Å². The number of sulfonamides is 1. The van der Waals surface area contributed by atoms with E-state index in [1.165, 1.54) is 25.3 Å². The number of methoxy groups -OCH3 is 1. The molecule has 1 saturated heterocycles.